The molecule has 6 aromatic carbocycles. The number of nitrogens with zero attached hydrogens (tertiary/aromatic N) is 3. The number of anilines is 2. The molecule has 61 heavy (non-hydrogen) atoms. The van der Waals surface area contributed by atoms with Crippen molar-refractivity contribution in [3.05, 3.63) is 206 Å². The third kappa shape index (κ3) is 7.74. The minimum atomic E-state index is -0.448. The van der Waals surface area contributed by atoms with Crippen molar-refractivity contribution >= 4 is 33.6 Å². The van der Waals surface area contributed by atoms with Crippen LogP contribution >= 0.6 is 0 Å². The summed E-state index contributed by atoms with van der Waals surface area (Å²) in [6, 6.07) is 42.4. The van der Waals surface area contributed by atoms with E-state index in [1.807, 2.05) is 57.5 Å². The number of rotatable bonds is 8. The summed E-state index contributed by atoms with van der Waals surface area (Å²) < 4.78 is 28.6. The molecule has 10 rings (SSSR count). The van der Waals surface area contributed by atoms with Crippen LogP contribution in [0.4, 0.5) is 20.2 Å². The highest BCUT2D eigenvalue weighted by Gasteiger charge is 2.40. The number of carbonyl (C=O) groups excluding carboxylic acids is 1. The van der Waals surface area contributed by atoms with Gasteiger partial charge in [0, 0.05) is 41.0 Å². The quantitative estimate of drug-likeness (QED) is 0.121. The summed E-state index contributed by atoms with van der Waals surface area (Å²) in [6.07, 6.45) is 0. The number of Topliss-reactive ketones (excluding diaryl/α,β-unsaturated/α-hetero) is 1. The van der Waals surface area contributed by atoms with Crippen LogP contribution in [0.1, 0.15) is 78.9 Å². The van der Waals surface area contributed by atoms with Crippen LogP contribution in [0.25, 0.3) is 10.8 Å². The Morgan fingerprint density at radius 1 is 0.689 bits per heavy atom. The predicted molar refractivity (Wildman–Crippen MR) is 238 cm³/mol. The molecule has 7 aromatic rings. The number of aliphatic imine (C=N–C) groups is 1. The van der Waals surface area contributed by atoms with Crippen molar-refractivity contribution in [2.45, 2.75) is 37.0 Å². The van der Waals surface area contributed by atoms with Crippen molar-refractivity contribution in [1.29, 1.82) is 0 Å². The van der Waals surface area contributed by atoms with Gasteiger partial charge in [0.1, 0.15) is 18.2 Å². The summed E-state index contributed by atoms with van der Waals surface area (Å²) >= 11 is 0. The normalized spacial score (nSPS) is 18.7. The minimum absolute atomic E-state index is 0.0566. The molecule has 11 heteroatoms. The van der Waals surface area contributed by atoms with Crippen molar-refractivity contribution in [3.8, 4) is 0 Å². The van der Waals surface area contributed by atoms with Gasteiger partial charge in [-0.15, -0.1) is 0 Å². The largest absolute Gasteiger partial charge is 0.377 e. The average molecular weight is 814 g/mol. The molecule has 0 amide bonds. The minimum Gasteiger partial charge on any atom is -0.377 e. The number of aromatic amines is 1. The molecule has 0 fully saturated rings. The zero-order valence-corrected chi connectivity index (χ0v) is 34.0. The maximum atomic E-state index is 14.3. The van der Waals surface area contributed by atoms with Gasteiger partial charge in [-0.3, -0.25) is 14.6 Å². The van der Waals surface area contributed by atoms with E-state index in [4.69, 9.17) is 4.99 Å². The molecule has 0 saturated heterocycles. The molecule has 306 valence electrons. The van der Waals surface area contributed by atoms with Crippen LogP contribution in [0.5, 0.6) is 0 Å². The standard InChI is InChI=1S/C25H23FN4O.C25H22FN3O/c1-30(2)14-15-8-10-17(11-9-15)23-21(16-6-4-3-5-7-16)24-22-19(25(31)29-28-24)12-18(26)13-20(22)27-23;1-27-13-15-7-9-16(10-8-15)22-24(17-5-3-2-4-6-17)29-20-12-18(26)11-19-21(30)14-28-25(22)23(19)20/h3-13,21,23,27H,14H2,1-2H3,(H,29,31);2-12,22,24,27,29H,13-14H2,1H3. The maximum absolute atomic E-state index is 14.3. The van der Waals surface area contributed by atoms with E-state index in [1.54, 1.807) is 0 Å². The van der Waals surface area contributed by atoms with E-state index >= 15 is 0 Å². The highest BCUT2D eigenvalue weighted by atomic mass is 19.1. The first-order valence-electron chi connectivity index (χ1n) is 20.4. The number of ketones is 1. The summed E-state index contributed by atoms with van der Waals surface area (Å²) in [5.41, 5.74) is 10.4. The lowest BCUT2D eigenvalue weighted by molar-refractivity contribution is 0.0999. The molecule has 0 bridgehead atoms. The first-order chi connectivity index (χ1) is 29.7. The SMILES string of the molecule is CN(C)Cc1ccc(C2Nc3cc(F)cc4c(=O)[nH]nc(c34)C2c2ccccc2)cc1.CNCc1ccc(C2C3=NCC(=O)c4cc(F)cc(c43)NC2c2ccccc2)cc1. The number of aromatic nitrogens is 2. The molecule has 0 radical (unpaired) electrons. The highest BCUT2D eigenvalue weighted by Crippen LogP contribution is 2.47. The van der Waals surface area contributed by atoms with E-state index in [-0.39, 0.29) is 41.8 Å². The van der Waals surface area contributed by atoms with E-state index < -0.39 is 11.6 Å². The Morgan fingerprint density at radius 3 is 1.95 bits per heavy atom. The predicted octanol–water partition coefficient (Wildman–Crippen LogP) is 8.90. The van der Waals surface area contributed by atoms with Crippen molar-refractivity contribution < 1.29 is 13.6 Å². The van der Waals surface area contributed by atoms with Crippen LogP contribution in [-0.4, -0.2) is 54.3 Å². The van der Waals surface area contributed by atoms with E-state index in [9.17, 15) is 18.4 Å². The first-order valence-corrected chi connectivity index (χ1v) is 20.4. The molecule has 4 unspecified atom stereocenters. The van der Waals surface area contributed by atoms with Gasteiger partial charge in [0.25, 0.3) is 5.56 Å². The van der Waals surface area contributed by atoms with Crippen LogP contribution in [0.3, 0.4) is 0 Å². The third-order valence-corrected chi connectivity index (χ3v) is 11.7. The number of benzene rings is 6. The fourth-order valence-electron chi connectivity index (χ4n) is 9.05. The summed E-state index contributed by atoms with van der Waals surface area (Å²) in [5.74, 6) is -1.22. The molecule has 9 nitrogen and oxygen atoms in total. The molecular formula is C50H45F2N7O2. The Bertz CT molecular complexity index is 2830. The molecule has 4 N–H and O–H groups in total. The molecular weight excluding hydrogens is 769 g/mol. The second-order valence-electron chi connectivity index (χ2n) is 16.1. The van der Waals surface area contributed by atoms with Gasteiger partial charge in [-0.1, -0.05) is 109 Å². The zero-order valence-electron chi connectivity index (χ0n) is 34.0. The summed E-state index contributed by atoms with van der Waals surface area (Å²) in [7, 11) is 6.01. The molecule has 0 saturated carbocycles. The first kappa shape index (κ1) is 39.6. The van der Waals surface area contributed by atoms with E-state index in [2.05, 4.69) is 104 Å². The topological polar surface area (TPSA) is 115 Å². The Morgan fingerprint density at radius 2 is 1.26 bits per heavy atom. The van der Waals surface area contributed by atoms with Crippen LogP contribution < -0.4 is 21.5 Å². The number of carbonyl (C=O) groups is 1. The molecule has 4 heterocycles. The second-order valence-corrected chi connectivity index (χ2v) is 16.1. The summed E-state index contributed by atoms with van der Waals surface area (Å²) in [4.78, 5) is 31.7. The van der Waals surface area contributed by atoms with Crippen molar-refractivity contribution in [2.24, 2.45) is 4.99 Å². The Labute approximate surface area is 352 Å². The van der Waals surface area contributed by atoms with E-state index in [0.29, 0.717) is 27.7 Å². The van der Waals surface area contributed by atoms with Gasteiger partial charge in [0.05, 0.1) is 40.7 Å². The number of H-pyrrole nitrogens is 1. The monoisotopic (exact) mass is 813 g/mol. The lowest BCUT2D eigenvalue weighted by Crippen LogP contribution is -2.36. The van der Waals surface area contributed by atoms with Gasteiger partial charge in [0.15, 0.2) is 5.78 Å². The molecule has 3 aliphatic heterocycles. The van der Waals surface area contributed by atoms with Gasteiger partial charge >= 0.3 is 0 Å². The molecule has 1 aromatic heterocycles. The Kier molecular flexibility index (Phi) is 10.8. The fourth-order valence-corrected chi connectivity index (χ4v) is 9.05. The van der Waals surface area contributed by atoms with Crippen molar-refractivity contribution in [2.75, 3.05) is 38.3 Å². The second kappa shape index (κ2) is 16.7. The number of hydrogen-bond acceptors (Lipinski definition) is 8. The van der Waals surface area contributed by atoms with Gasteiger partial charge in [-0.25, -0.2) is 13.9 Å². The number of hydrogen-bond donors (Lipinski definition) is 4. The van der Waals surface area contributed by atoms with Crippen LogP contribution in [0.15, 0.2) is 143 Å². The fraction of sp³-hybridized carbons (Fsp3) is 0.200. The highest BCUT2D eigenvalue weighted by molar-refractivity contribution is 6.21. The smallest absolute Gasteiger partial charge is 0.272 e. The molecule has 4 atom stereocenters. The summed E-state index contributed by atoms with van der Waals surface area (Å²) in [5, 5.41) is 18.2. The zero-order chi connectivity index (χ0) is 42.2. The summed E-state index contributed by atoms with van der Waals surface area (Å²) in [6.45, 7) is 1.71. The Balaban J connectivity index is 0.000000156. The molecule has 0 spiro atoms. The lowest BCUT2D eigenvalue weighted by Gasteiger charge is -2.38. The molecule has 0 aliphatic carbocycles. The number of nitrogens with one attached hydrogen (secondary N) is 4. The number of halogens is 2. The van der Waals surface area contributed by atoms with E-state index in [0.717, 1.165) is 52.3 Å². The van der Waals surface area contributed by atoms with Gasteiger partial charge in [0.2, 0.25) is 0 Å². The average Bonchev–Trinajstić information content (AvgIpc) is 3.27. The van der Waals surface area contributed by atoms with Crippen LogP contribution in [-0.2, 0) is 13.1 Å². The van der Waals surface area contributed by atoms with Gasteiger partial charge in [-0.05, 0) is 78.8 Å². The van der Waals surface area contributed by atoms with E-state index in [1.165, 1.54) is 35.4 Å². The van der Waals surface area contributed by atoms with Gasteiger partial charge < -0.3 is 20.9 Å². The van der Waals surface area contributed by atoms with Gasteiger partial charge in [-0.2, -0.15) is 5.10 Å². The van der Waals surface area contributed by atoms with Crippen LogP contribution in [0, 0.1) is 11.6 Å². The van der Waals surface area contributed by atoms with Crippen molar-refractivity contribution in [1.82, 2.24) is 20.4 Å². The maximum Gasteiger partial charge on any atom is 0.272 e. The lowest BCUT2D eigenvalue weighted by atomic mass is 9.75. The third-order valence-electron chi connectivity index (χ3n) is 11.7. The Hall–Kier alpha value is -6.82. The van der Waals surface area contributed by atoms with Crippen LogP contribution in [0.2, 0.25) is 0 Å². The molecule has 3 aliphatic rings. The van der Waals surface area contributed by atoms with Crippen molar-refractivity contribution in [3.63, 3.8) is 0 Å².